The molecule has 0 aromatic heterocycles. The maximum atomic E-state index is 13.4. The standard InChI is InChI=1S/C31H26N2O5/c1-19-12-13-21-9-5-6-10-24(21)26(19)18-38-28-17-23(37-3)15-14-22(28)16-25-29(34)32-31(36)33(30(25)35)27-11-7-4-8-20(27)2/h4-17H,18H2,1-3H3,(H,32,34,36)/b25-16+. The Morgan fingerprint density at radius 3 is 2.42 bits per heavy atom. The minimum atomic E-state index is -0.788. The molecule has 4 aromatic carbocycles. The summed E-state index contributed by atoms with van der Waals surface area (Å²) in [5.41, 5.74) is 3.58. The molecule has 1 fully saturated rings. The van der Waals surface area contributed by atoms with Gasteiger partial charge >= 0.3 is 6.03 Å². The zero-order valence-corrected chi connectivity index (χ0v) is 21.3. The minimum absolute atomic E-state index is 0.177. The van der Waals surface area contributed by atoms with Crippen LogP contribution in [0, 0.1) is 13.8 Å². The van der Waals surface area contributed by atoms with Gasteiger partial charge in [-0.1, -0.05) is 54.6 Å². The Hall–Kier alpha value is -4.91. The molecule has 0 radical (unpaired) electrons. The van der Waals surface area contributed by atoms with Gasteiger partial charge in [0.15, 0.2) is 0 Å². The van der Waals surface area contributed by atoms with Crippen molar-refractivity contribution in [2.24, 2.45) is 0 Å². The van der Waals surface area contributed by atoms with E-state index in [1.54, 1.807) is 50.4 Å². The van der Waals surface area contributed by atoms with Gasteiger partial charge in [0.05, 0.1) is 12.8 Å². The summed E-state index contributed by atoms with van der Waals surface area (Å²) in [6.07, 6.45) is 1.44. The third-order valence-electron chi connectivity index (χ3n) is 6.63. The largest absolute Gasteiger partial charge is 0.497 e. The average molecular weight is 507 g/mol. The van der Waals surface area contributed by atoms with Crippen molar-refractivity contribution < 1.29 is 23.9 Å². The third-order valence-corrected chi connectivity index (χ3v) is 6.63. The first-order valence-corrected chi connectivity index (χ1v) is 12.1. The molecule has 0 atom stereocenters. The van der Waals surface area contributed by atoms with E-state index in [2.05, 4.69) is 29.6 Å². The van der Waals surface area contributed by atoms with Crippen molar-refractivity contribution in [3.8, 4) is 11.5 Å². The Bertz CT molecular complexity index is 1620. The molecule has 1 heterocycles. The van der Waals surface area contributed by atoms with Crippen molar-refractivity contribution in [2.75, 3.05) is 12.0 Å². The van der Waals surface area contributed by atoms with E-state index in [4.69, 9.17) is 9.47 Å². The lowest BCUT2D eigenvalue weighted by molar-refractivity contribution is -0.122. The molecule has 1 saturated heterocycles. The molecule has 0 saturated carbocycles. The van der Waals surface area contributed by atoms with Crippen molar-refractivity contribution >= 4 is 40.4 Å². The summed E-state index contributed by atoms with van der Waals surface area (Å²) < 4.78 is 11.7. The highest BCUT2D eigenvalue weighted by atomic mass is 16.5. The Balaban J connectivity index is 1.52. The number of para-hydroxylation sites is 1. The SMILES string of the molecule is COc1ccc(/C=C2\C(=O)NC(=O)N(c3ccccc3C)C2=O)c(OCc2c(C)ccc3ccccc23)c1. The molecule has 4 aromatic rings. The summed E-state index contributed by atoms with van der Waals surface area (Å²) in [5.74, 6) is -0.478. The molecular formula is C31H26N2O5. The lowest BCUT2D eigenvalue weighted by Gasteiger charge is -2.27. The Morgan fingerprint density at radius 2 is 1.63 bits per heavy atom. The van der Waals surface area contributed by atoms with Crippen LogP contribution in [0.4, 0.5) is 10.5 Å². The zero-order valence-electron chi connectivity index (χ0n) is 21.3. The van der Waals surface area contributed by atoms with Gasteiger partial charge in [-0.3, -0.25) is 14.9 Å². The highest BCUT2D eigenvalue weighted by Crippen LogP contribution is 2.31. The molecule has 190 valence electrons. The molecule has 0 spiro atoms. The molecule has 5 rings (SSSR count). The fraction of sp³-hybridized carbons (Fsp3) is 0.129. The van der Waals surface area contributed by atoms with Crippen LogP contribution in [0.2, 0.25) is 0 Å². The van der Waals surface area contributed by atoms with Gasteiger partial charge in [0, 0.05) is 17.2 Å². The first-order valence-electron chi connectivity index (χ1n) is 12.1. The molecule has 1 aliphatic rings. The number of amides is 4. The van der Waals surface area contributed by atoms with Crippen molar-refractivity contribution in [1.29, 1.82) is 0 Å². The number of rotatable bonds is 6. The summed E-state index contributed by atoms with van der Waals surface area (Å²) in [5, 5.41) is 4.47. The second-order valence-electron chi connectivity index (χ2n) is 9.02. The lowest BCUT2D eigenvalue weighted by Crippen LogP contribution is -2.54. The van der Waals surface area contributed by atoms with Crippen LogP contribution in [0.1, 0.15) is 22.3 Å². The van der Waals surface area contributed by atoms with Gasteiger partial charge in [-0.25, -0.2) is 9.69 Å². The van der Waals surface area contributed by atoms with Crippen LogP contribution >= 0.6 is 0 Å². The fourth-order valence-electron chi connectivity index (χ4n) is 4.52. The van der Waals surface area contributed by atoms with Crippen LogP contribution in [0.15, 0.2) is 84.4 Å². The van der Waals surface area contributed by atoms with Crippen LogP contribution in [0.5, 0.6) is 11.5 Å². The molecule has 4 amide bonds. The predicted molar refractivity (Wildman–Crippen MR) is 146 cm³/mol. The molecule has 7 nitrogen and oxygen atoms in total. The smallest absolute Gasteiger partial charge is 0.335 e. The summed E-state index contributed by atoms with van der Waals surface area (Å²) in [6.45, 7) is 4.09. The van der Waals surface area contributed by atoms with Gasteiger partial charge in [-0.05, 0) is 60.0 Å². The molecule has 1 aliphatic heterocycles. The first-order chi connectivity index (χ1) is 18.4. The van der Waals surface area contributed by atoms with E-state index >= 15 is 0 Å². The topological polar surface area (TPSA) is 84.9 Å². The molecule has 38 heavy (non-hydrogen) atoms. The fourth-order valence-corrected chi connectivity index (χ4v) is 4.52. The maximum Gasteiger partial charge on any atom is 0.335 e. The van der Waals surface area contributed by atoms with Crippen molar-refractivity contribution in [3.05, 3.63) is 107 Å². The van der Waals surface area contributed by atoms with E-state index in [9.17, 15) is 14.4 Å². The number of carbonyl (C=O) groups is 3. The average Bonchev–Trinajstić information content (AvgIpc) is 2.91. The number of ether oxygens (including phenoxy) is 2. The Labute approximate surface area is 220 Å². The van der Waals surface area contributed by atoms with Gasteiger partial charge in [0.25, 0.3) is 11.8 Å². The number of urea groups is 1. The molecule has 1 N–H and O–H groups in total. The van der Waals surface area contributed by atoms with Crippen LogP contribution < -0.4 is 19.7 Å². The number of anilines is 1. The van der Waals surface area contributed by atoms with Crippen LogP contribution in [-0.4, -0.2) is 25.0 Å². The second kappa shape index (κ2) is 10.2. The predicted octanol–water partition coefficient (Wildman–Crippen LogP) is 5.71. The highest BCUT2D eigenvalue weighted by Gasteiger charge is 2.37. The Morgan fingerprint density at radius 1 is 0.868 bits per heavy atom. The molecule has 7 heteroatoms. The number of nitrogens with zero attached hydrogens (tertiary/aromatic N) is 1. The van der Waals surface area contributed by atoms with Gasteiger partial charge in [0.2, 0.25) is 0 Å². The quantitative estimate of drug-likeness (QED) is 0.267. The number of aryl methyl sites for hydroxylation is 2. The van der Waals surface area contributed by atoms with Gasteiger partial charge < -0.3 is 9.47 Å². The monoisotopic (exact) mass is 506 g/mol. The Kier molecular flexibility index (Phi) is 6.66. The van der Waals surface area contributed by atoms with Crippen LogP contribution in [-0.2, 0) is 16.2 Å². The summed E-state index contributed by atoms with van der Waals surface area (Å²) in [7, 11) is 1.55. The maximum absolute atomic E-state index is 13.4. The minimum Gasteiger partial charge on any atom is -0.497 e. The summed E-state index contributed by atoms with van der Waals surface area (Å²) in [4.78, 5) is 39.8. The number of fused-ring (bicyclic) bond motifs is 1. The molecule has 0 bridgehead atoms. The number of hydrogen-bond donors (Lipinski definition) is 1. The van der Waals surface area contributed by atoms with E-state index in [1.807, 2.05) is 25.1 Å². The van der Waals surface area contributed by atoms with Crippen LogP contribution in [0.25, 0.3) is 16.8 Å². The van der Waals surface area contributed by atoms with Gasteiger partial charge in [-0.2, -0.15) is 0 Å². The van der Waals surface area contributed by atoms with Crippen molar-refractivity contribution in [3.63, 3.8) is 0 Å². The summed E-state index contributed by atoms with van der Waals surface area (Å²) in [6, 6.07) is 23.6. The molecule has 0 unspecified atom stereocenters. The number of imide groups is 2. The normalized spacial score (nSPS) is 14.7. The van der Waals surface area contributed by atoms with Crippen molar-refractivity contribution in [1.82, 2.24) is 5.32 Å². The first kappa shape index (κ1) is 24.8. The van der Waals surface area contributed by atoms with E-state index < -0.39 is 17.8 Å². The van der Waals surface area contributed by atoms with Crippen molar-refractivity contribution in [2.45, 2.75) is 20.5 Å². The van der Waals surface area contributed by atoms with E-state index in [0.717, 1.165) is 32.4 Å². The zero-order chi connectivity index (χ0) is 26.8. The number of carbonyl (C=O) groups excluding carboxylic acids is 3. The van der Waals surface area contributed by atoms with E-state index in [1.165, 1.54) is 6.08 Å². The highest BCUT2D eigenvalue weighted by molar-refractivity contribution is 6.39. The van der Waals surface area contributed by atoms with Gasteiger partial charge in [-0.15, -0.1) is 0 Å². The van der Waals surface area contributed by atoms with Gasteiger partial charge in [0.1, 0.15) is 23.7 Å². The molecular weight excluding hydrogens is 480 g/mol. The number of methoxy groups -OCH3 is 1. The number of hydrogen-bond acceptors (Lipinski definition) is 5. The summed E-state index contributed by atoms with van der Waals surface area (Å²) >= 11 is 0. The molecule has 0 aliphatic carbocycles. The lowest BCUT2D eigenvalue weighted by atomic mass is 10.0. The second-order valence-corrected chi connectivity index (χ2v) is 9.02. The number of barbiturate groups is 1. The van der Waals surface area contributed by atoms with E-state index in [-0.39, 0.29) is 12.2 Å². The van der Waals surface area contributed by atoms with Crippen LogP contribution in [0.3, 0.4) is 0 Å². The number of nitrogens with one attached hydrogen (secondary N) is 1. The third kappa shape index (κ3) is 4.62. The van der Waals surface area contributed by atoms with E-state index in [0.29, 0.717) is 22.7 Å². The number of benzene rings is 4.